The molecule has 0 radical (unpaired) electrons. The summed E-state index contributed by atoms with van der Waals surface area (Å²) in [6.07, 6.45) is 1.87. The van der Waals surface area contributed by atoms with E-state index in [2.05, 4.69) is 10.3 Å². The summed E-state index contributed by atoms with van der Waals surface area (Å²) in [6, 6.07) is 1.64. The molecule has 14 heavy (non-hydrogen) atoms. The summed E-state index contributed by atoms with van der Waals surface area (Å²) in [5.74, 6) is 0.525. The Morgan fingerprint density at radius 2 is 2.29 bits per heavy atom. The standard InChI is InChI=1S/C9H16N4O/c1-2-6(14)5-13-9-8(11)7(10)3-4-12-9/h3-4,6,14H,2,5,11H2,1H3,(H3,10,12,13). The fourth-order valence-corrected chi connectivity index (χ4v) is 0.988. The highest BCUT2D eigenvalue weighted by Gasteiger charge is 2.05. The average molecular weight is 196 g/mol. The molecule has 5 heteroatoms. The van der Waals surface area contributed by atoms with Gasteiger partial charge in [0.15, 0.2) is 5.82 Å². The van der Waals surface area contributed by atoms with Gasteiger partial charge in [0, 0.05) is 12.7 Å². The molecular weight excluding hydrogens is 180 g/mol. The minimum absolute atomic E-state index is 0.391. The Hall–Kier alpha value is -1.49. The Kier molecular flexibility index (Phi) is 3.53. The van der Waals surface area contributed by atoms with Crippen LogP contribution in [0, 0.1) is 0 Å². The van der Waals surface area contributed by atoms with Gasteiger partial charge in [-0.25, -0.2) is 4.98 Å². The lowest BCUT2D eigenvalue weighted by Gasteiger charge is -2.12. The van der Waals surface area contributed by atoms with Crippen molar-refractivity contribution in [1.29, 1.82) is 0 Å². The average Bonchev–Trinajstić information content (AvgIpc) is 2.20. The summed E-state index contributed by atoms with van der Waals surface area (Å²) in [5.41, 5.74) is 12.2. The summed E-state index contributed by atoms with van der Waals surface area (Å²) in [7, 11) is 0. The van der Waals surface area contributed by atoms with Crippen LogP contribution in [0.15, 0.2) is 12.3 Å². The molecule has 5 nitrogen and oxygen atoms in total. The Morgan fingerprint density at radius 3 is 2.93 bits per heavy atom. The molecule has 6 N–H and O–H groups in total. The number of hydrogen-bond acceptors (Lipinski definition) is 5. The molecule has 1 rings (SSSR count). The van der Waals surface area contributed by atoms with Crippen LogP contribution >= 0.6 is 0 Å². The van der Waals surface area contributed by atoms with Gasteiger partial charge in [-0.2, -0.15) is 0 Å². The topological polar surface area (TPSA) is 97.2 Å². The maximum Gasteiger partial charge on any atom is 0.151 e. The van der Waals surface area contributed by atoms with E-state index in [4.69, 9.17) is 11.5 Å². The van der Waals surface area contributed by atoms with Crippen LogP contribution in [0.4, 0.5) is 17.2 Å². The molecule has 0 amide bonds. The van der Waals surface area contributed by atoms with Gasteiger partial charge in [0.25, 0.3) is 0 Å². The molecule has 0 aliphatic carbocycles. The highest BCUT2D eigenvalue weighted by atomic mass is 16.3. The van der Waals surface area contributed by atoms with Crippen molar-refractivity contribution >= 4 is 17.2 Å². The van der Waals surface area contributed by atoms with E-state index in [0.29, 0.717) is 30.2 Å². The molecule has 1 aromatic rings. The molecule has 0 aliphatic heterocycles. The van der Waals surface area contributed by atoms with E-state index in [1.54, 1.807) is 12.3 Å². The highest BCUT2D eigenvalue weighted by Crippen LogP contribution is 2.21. The summed E-state index contributed by atoms with van der Waals surface area (Å²) < 4.78 is 0. The number of nitrogens with zero attached hydrogens (tertiary/aromatic N) is 1. The van der Waals surface area contributed by atoms with Crippen molar-refractivity contribution in [3.05, 3.63) is 12.3 Å². The first-order valence-corrected chi connectivity index (χ1v) is 4.57. The van der Waals surface area contributed by atoms with Crippen molar-refractivity contribution in [1.82, 2.24) is 4.98 Å². The molecule has 0 saturated heterocycles. The molecule has 0 fully saturated rings. The molecule has 1 heterocycles. The van der Waals surface area contributed by atoms with Gasteiger partial charge in [0.05, 0.1) is 17.5 Å². The number of anilines is 3. The van der Waals surface area contributed by atoms with Gasteiger partial charge in [0.1, 0.15) is 0 Å². The number of pyridine rings is 1. The smallest absolute Gasteiger partial charge is 0.151 e. The largest absolute Gasteiger partial charge is 0.397 e. The van der Waals surface area contributed by atoms with Crippen molar-refractivity contribution in [3.8, 4) is 0 Å². The van der Waals surface area contributed by atoms with E-state index in [1.165, 1.54) is 0 Å². The number of nitrogens with one attached hydrogen (secondary N) is 1. The molecule has 0 aliphatic rings. The van der Waals surface area contributed by atoms with E-state index in [9.17, 15) is 5.11 Å². The molecule has 1 aromatic heterocycles. The third-order valence-corrected chi connectivity index (χ3v) is 2.00. The molecule has 78 valence electrons. The SMILES string of the molecule is CCC(O)CNc1nccc(N)c1N. The Balaban J connectivity index is 2.63. The van der Waals surface area contributed by atoms with Gasteiger partial charge in [-0.1, -0.05) is 6.92 Å². The van der Waals surface area contributed by atoms with E-state index in [-0.39, 0.29) is 0 Å². The number of aromatic nitrogens is 1. The lowest BCUT2D eigenvalue weighted by molar-refractivity contribution is 0.183. The zero-order valence-electron chi connectivity index (χ0n) is 8.20. The Bertz CT molecular complexity index is 303. The predicted octanol–water partition coefficient (Wildman–Crippen LogP) is 0.429. The normalized spacial score (nSPS) is 12.4. The van der Waals surface area contributed by atoms with Gasteiger partial charge < -0.3 is 21.9 Å². The van der Waals surface area contributed by atoms with Crippen LogP contribution in [0.5, 0.6) is 0 Å². The quantitative estimate of drug-likeness (QED) is 0.560. The van der Waals surface area contributed by atoms with E-state index in [0.717, 1.165) is 0 Å². The minimum atomic E-state index is -0.391. The zero-order valence-corrected chi connectivity index (χ0v) is 8.20. The molecule has 0 spiro atoms. The predicted molar refractivity (Wildman–Crippen MR) is 57.8 cm³/mol. The molecule has 0 saturated carbocycles. The van der Waals surface area contributed by atoms with Crippen LogP contribution in [0.1, 0.15) is 13.3 Å². The van der Waals surface area contributed by atoms with Crippen LogP contribution in [0.2, 0.25) is 0 Å². The summed E-state index contributed by atoms with van der Waals surface area (Å²) in [5, 5.41) is 12.3. The lowest BCUT2D eigenvalue weighted by atomic mass is 10.2. The number of aliphatic hydroxyl groups is 1. The van der Waals surface area contributed by atoms with Crippen LogP contribution in [0.3, 0.4) is 0 Å². The first-order valence-electron chi connectivity index (χ1n) is 4.57. The molecule has 1 atom stereocenters. The second kappa shape index (κ2) is 4.66. The lowest BCUT2D eigenvalue weighted by Crippen LogP contribution is -2.19. The first kappa shape index (κ1) is 10.6. The maximum atomic E-state index is 9.32. The number of rotatable bonds is 4. The van der Waals surface area contributed by atoms with Gasteiger partial charge in [-0.05, 0) is 12.5 Å². The van der Waals surface area contributed by atoms with Crippen molar-refractivity contribution in [3.63, 3.8) is 0 Å². The highest BCUT2D eigenvalue weighted by molar-refractivity contribution is 5.75. The van der Waals surface area contributed by atoms with Crippen LogP contribution in [-0.4, -0.2) is 22.7 Å². The zero-order chi connectivity index (χ0) is 10.6. The van der Waals surface area contributed by atoms with Crippen LogP contribution in [-0.2, 0) is 0 Å². The maximum absolute atomic E-state index is 9.32. The van der Waals surface area contributed by atoms with Crippen molar-refractivity contribution in [2.24, 2.45) is 0 Å². The molecule has 0 bridgehead atoms. The number of nitrogens with two attached hydrogens (primary N) is 2. The number of hydrogen-bond donors (Lipinski definition) is 4. The van der Waals surface area contributed by atoms with Gasteiger partial charge in [0.2, 0.25) is 0 Å². The Morgan fingerprint density at radius 1 is 1.57 bits per heavy atom. The molecule has 1 unspecified atom stereocenters. The minimum Gasteiger partial charge on any atom is -0.397 e. The monoisotopic (exact) mass is 196 g/mol. The van der Waals surface area contributed by atoms with Gasteiger partial charge >= 0.3 is 0 Å². The van der Waals surface area contributed by atoms with Gasteiger partial charge in [-0.15, -0.1) is 0 Å². The van der Waals surface area contributed by atoms with Crippen molar-refractivity contribution in [2.75, 3.05) is 23.3 Å². The van der Waals surface area contributed by atoms with Crippen molar-refractivity contribution < 1.29 is 5.11 Å². The second-order valence-electron chi connectivity index (χ2n) is 3.11. The summed E-state index contributed by atoms with van der Waals surface area (Å²) >= 11 is 0. The Labute approximate surface area is 83.1 Å². The summed E-state index contributed by atoms with van der Waals surface area (Å²) in [4.78, 5) is 4.02. The fourth-order valence-electron chi connectivity index (χ4n) is 0.988. The first-order chi connectivity index (χ1) is 6.65. The fraction of sp³-hybridized carbons (Fsp3) is 0.444. The van der Waals surface area contributed by atoms with Crippen LogP contribution in [0.25, 0.3) is 0 Å². The third-order valence-electron chi connectivity index (χ3n) is 2.00. The van der Waals surface area contributed by atoms with Crippen LogP contribution < -0.4 is 16.8 Å². The summed E-state index contributed by atoms with van der Waals surface area (Å²) in [6.45, 7) is 2.33. The van der Waals surface area contributed by atoms with Gasteiger partial charge in [-0.3, -0.25) is 0 Å². The second-order valence-corrected chi connectivity index (χ2v) is 3.11. The van der Waals surface area contributed by atoms with E-state index >= 15 is 0 Å². The molecular formula is C9H16N4O. The van der Waals surface area contributed by atoms with E-state index in [1.807, 2.05) is 6.92 Å². The number of aliphatic hydroxyl groups excluding tert-OH is 1. The number of nitrogen functional groups attached to an aromatic ring is 2. The van der Waals surface area contributed by atoms with E-state index < -0.39 is 6.10 Å². The molecule has 0 aromatic carbocycles. The third kappa shape index (κ3) is 2.50. The van der Waals surface area contributed by atoms with Crippen molar-refractivity contribution in [2.45, 2.75) is 19.4 Å².